The molecule has 0 nitrogen and oxygen atoms in total. The van der Waals surface area contributed by atoms with Crippen LogP contribution in [0.2, 0.25) is 0 Å². The molecule has 1 aliphatic rings. The maximum atomic E-state index is 3.06. The molecule has 0 aromatic heterocycles. The maximum Gasteiger partial charge on any atom is 0.0248 e. The van der Waals surface area contributed by atoms with Crippen molar-refractivity contribution < 1.29 is 0 Å². The van der Waals surface area contributed by atoms with E-state index in [1.807, 2.05) is 6.92 Å². The van der Waals surface area contributed by atoms with E-state index in [9.17, 15) is 0 Å². The van der Waals surface area contributed by atoms with Gasteiger partial charge in [0.05, 0.1) is 0 Å². The average Bonchev–Trinajstić information content (AvgIpc) is 1.96. The molecule has 0 heterocycles. The quantitative estimate of drug-likeness (QED) is 0.487. The molecule has 0 saturated heterocycles. The van der Waals surface area contributed by atoms with Crippen molar-refractivity contribution in [1.29, 1.82) is 0 Å². The molecule has 0 aliphatic heterocycles. The zero-order valence-corrected chi connectivity index (χ0v) is 6.65. The Morgan fingerprint density at radius 3 is 2.55 bits per heavy atom. The summed E-state index contributed by atoms with van der Waals surface area (Å²) in [4.78, 5) is 0. The van der Waals surface area contributed by atoms with Crippen molar-refractivity contribution in [3.63, 3.8) is 0 Å². The Kier molecular flexibility index (Phi) is 1.43. The molecule has 0 bridgehead atoms. The zero-order chi connectivity index (χ0) is 7.68. The lowest BCUT2D eigenvalue weighted by molar-refractivity contribution is 0.838. The van der Waals surface area contributed by atoms with Crippen molar-refractivity contribution in [3.8, 4) is 11.8 Å². The Morgan fingerprint density at radius 2 is 2.00 bits per heavy atom. The standard InChI is InChI=1S/C11H10/c1-2-3-9-4-5-10-6-7-11(10)8-9/h4-5,8H,6-7H2,1H3. The molecular weight excluding hydrogens is 132 g/mol. The van der Waals surface area contributed by atoms with Crippen LogP contribution in [0.25, 0.3) is 0 Å². The van der Waals surface area contributed by atoms with Gasteiger partial charge in [0.1, 0.15) is 0 Å². The summed E-state index contributed by atoms with van der Waals surface area (Å²) in [5, 5.41) is 0. The van der Waals surface area contributed by atoms with Gasteiger partial charge in [0.2, 0.25) is 0 Å². The molecular formula is C11H10. The molecule has 0 fully saturated rings. The van der Waals surface area contributed by atoms with Crippen LogP contribution in [0.5, 0.6) is 0 Å². The van der Waals surface area contributed by atoms with E-state index in [1.165, 1.54) is 24.0 Å². The summed E-state index contributed by atoms with van der Waals surface area (Å²) < 4.78 is 0. The van der Waals surface area contributed by atoms with Gasteiger partial charge in [-0.25, -0.2) is 0 Å². The van der Waals surface area contributed by atoms with Crippen LogP contribution in [0, 0.1) is 11.8 Å². The van der Waals surface area contributed by atoms with E-state index in [0.717, 1.165) is 5.56 Å². The van der Waals surface area contributed by atoms with Gasteiger partial charge >= 0.3 is 0 Å². The van der Waals surface area contributed by atoms with Crippen molar-refractivity contribution in [2.45, 2.75) is 19.8 Å². The number of rotatable bonds is 0. The Balaban J connectivity index is 2.43. The van der Waals surface area contributed by atoms with Gasteiger partial charge in [-0.05, 0) is 43.0 Å². The van der Waals surface area contributed by atoms with Gasteiger partial charge in [0.25, 0.3) is 0 Å². The summed E-state index contributed by atoms with van der Waals surface area (Å²) in [7, 11) is 0. The van der Waals surface area contributed by atoms with Crippen LogP contribution < -0.4 is 0 Å². The third-order valence-electron chi connectivity index (χ3n) is 2.14. The second-order valence-corrected chi connectivity index (χ2v) is 2.86. The van der Waals surface area contributed by atoms with Crippen molar-refractivity contribution in [2.75, 3.05) is 0 Å². The summed E-state index contributed by atoms with van der Waals surface area (Å²) >= 11 is 0. The minimum absolute atomic E-state index is 1.16. The molecule has 1 aliphatic carbocycles. The molecule has 0 saturated carbocycles. The lowest BCUT2D eigenvalue weighted by Crippen LogP contribution is -2.07. The Bertz CT molecular complexity index is 337. The molecule has 0 unspecified atom stereocenters. The highest BCUT2D eigenvalue weighted by molar-refractivity contribution is 5.44. The average molecular weight is 142 g/mol. The van der Waals surface area contributed by atoms with E-state index in [-0.39, 0.29) is 0 Å². The third-order valence-corrected chi connectivity index (χ3v) is 2.14. The second kappa shape index (κ2) is 2.43. The summed E-state index contributed by atoms with van der Waals surface area (Å²) in [5.41, 5.74) is 4.16. The van der Waals surface area contributed by atoms with E-state index in [2.05, 4.69) is 30.0 Å². The maximum absolute atomic E-state index is 3.06. The molecule has 0 heteroatoms. The summed E-state index contributed by atoms with van der Waals surface area (Å²) in [5.74, 6) is 5.96. The van der Waals surface area contributed by atoms with E-state index < -0.39 is 0 Å². The summed E-state index contributed by atoms with van der Waals surface area (Å²) in [6.45, 7) is 1.87. The minimum atomic E-state index is 1.16. The van der Waals surface area contributed by atoms with E-state index in [1.54, 1.807) is 0 Å². The largest absolute Gasteiger partial charge is 0.101 e. The molecule has 0 spiro atoms. The van der Waals surface area contributed by atoms with Gasteiger partial charge in [-0.3, -0.25) is 0 Å². The predicted octanol–water partition coefficient (Wildman–Crippen LogP) is 2.16. The zero-order valence-electron chi connectivity index (χ0n) is 6.65. The monoisotopic (exact) mass is 142 g/mol. The molecule has 1 aromatic rings. The van der Waals surface area contributed by atoms with Crippen LogP contribution >= 0.6 is 0 Å². The Labute approximate surface area is 67.2 Å². The van der Waals surface area contributed by atoms with Crippen LogP contribution in [-0.2, 0) is 12.8 Å². The molecule has 0 radical (unpaired) electrons. The van der Waals surface area contributed by atoms with Gasteiger partial charge in [0, 0.05) is 5.56 Å². The van der Waals surface area contributed by atoms with E-state index in [0.29, 0.717) is 0 Å². The number of hydrogen-bond acceptors (Lipinski definition) is 0. The van der Waals surface area contributed by atoms with Crippen molar-refractivity contribution in [2.24, 2.45) is 0 Å². The minimum Gasteiger partial charge on any atom is -0.101 e. The molecule has 0 atom stereocenters. The lowest BCUT2D eigenvalue weighted by Gasteiger charge is -2.17. The van der Waals surface area contributed by atoms with Crippen LogP contribution in [0.1, 0.15) is 23.6 Å². The van der Waals surface area contributed by atoms with Crippen LogP contribution in [0.3, 0.4) is 0 Å². The van der Waals surface area contributed by atoms with Crippen LogP contribution in [0.15, 0.2) is 18.2 Å². The first-order chi connectivity index (χ1) is 5.40. The SMILES string of the molecule is CC#Cc1ccc2c(c1)CC2. The fourth-order valence-electron chi connectivity index (χ4n) is 1.42. The smallest absolute Gasteiger partial charge is 0.0248 e. The fourth-order valence-corrected chi connectivity index (χ4v) is 1.42. The van der Waals surface area contributed by atoms with Gasteiger partial charge in [-0.2, -0.15) is 0 Å². The van der Waals surface area contributed by atoms with Crippen molar-refractivity contribution in [1.82, 2.24) is 0 Å². The molecule has 2 rings (SSSR count). The van der Waals surface area contributed by atoms with Crippen LogP contribution in [0.4, 0.5) is 0 Å². The molecule has 54 valence electrons. The number of benzene rings is 1. The van der Waals surface area contributed by atoms with Gasteiger partial charge in [-0.15, -0.1) is 5.92 Å². The summed E-state index contributed by atoms with van der Waals surface area (Å²) in [6.07, 6.45) is 2.50. The fraction of sp³-hybridized carbons (Fsp3) is 0.273. The highest BCUT2D eigenvalue weighted by atomic mass is 14.2. The summed E-state index contributed by atoms with van der Waals surface area (Å²) in [6, 6.07) is 6.50. The topological polar surface area (TPSA) is 0 Å². The molecule has 1 aromatic carbocycles. The first-order valence-electron chi connectivity index (χ1n) is 3.95. The van der Waals surface area contributed by atoms with Crippen molar-refractivity contribution in [3.05, 3.63) is 34.9 Å². The molecule has 0 amide bonds. The van der Waals surface area contributed by atoms with Gasteiger partial charge < -0.3 is 0 Å². The van der Waals surface area contributed by atoms with E-state index in [4.69, 9.17) is 0 Å². The Hall–Kier alpha value is -1.22. The third kappa shape index (κ3) is 1.03. The van der Waals surface area contributed by atoms with Gasteiger partial charge in [-0.1, -0.05) is 12.0 Å². The molecule has 0 N–H and O–H groups in total. The number of hydrogen-bond donors (Lipinski definition) is 0. The highest BCUT2D eigenvalue weighted by Gasteiger charge is 2.11. The normalized spacial score (nSPS) is 12.5. The van der Waals surface area contributed by atoms with E-state index >= 15 is 0 Å². The first-order valence-corrected chi connectivity index (χ1v) is 3.95. The molecule has 11 heavy (non-hydrogen) atoms. The Morgan fingerprint density at radius 1 is 1.18 bits per heavy atom. The van der Waals surface area contributed by atoms with Gasteiger partial charge in [0.15, 0.2) is 0 Å². The number of aryl methyl sites for hydroxylation is 2. The lowest BCUT2D eigenvalue weighted by atomic mass is 9.87. The van der Waals surface area contributed by atoms with Crippen LogP contribution in [-0.4, -0.2) is 0 Å². The number of fused-ring (bicyclic) bond motifs is 1. The van der Waals surface area contributed by atoms with Crippen molar-refractivity contribution >= 4 is 0 Å². The highest BCUT2D eigenvalue weighted by Crippen LogP contribution is 2.23. The first kappa shape index (κ1) is 6.49. The second-order valence-electron chi connectivity index (χ2n) is 2.86. The predicted molar refractivity (Wildman–Crippen MR) is 46.4 cm³/mol.